The second kappa shape index (κ2) is 4.94. The van der Waals surface area contributed by atoms with Crippen molar-refractivity contribution < 1.29 is 14.6 Å². The van der Waals surface area contributed by atoms with Crippen molar-refractivity contribution in [3.05, 3.63) is 23.9 Å². The van der Waals surface area contributed by atoms with Gasteiger partial charge in [-0.15, -0.1) is 0 Å². The molecule has 1 atom stereocenters. The van der Waals surface area contributed by atoms with E-state index in [0.717, 1.165) is 19.4 Å². The van der Waals surface area contributed by atoms with E-state index in [1.54, 1.807) is 6.07 Å². The number of carboxylic acids is 1. The molecule has 1 unspecified atom stereocenters. The molecule has 1 saturated heterocycles. The molecule has 0 bridgehead atoms. The van der Waals surface area contributed by atoms with Gasteiger partial charge in [0.05, 0.1) is 0 Å². The number of aromatic carboxylic acids is 1. The summed E-state index contributed by atoms with van der Waals surface area (Å²) in [5.74, 6) is -0.814. The molecular weight excluding hydrogens is 208 g/mol. The van der Waals surface area contributed by atoms with Gasteiger partial charge < -0.3 is 15.2 Å². The second-order valence-electron chi connectivity index (χ2n) is 3.77. The van der Waals surface area contributed by atoms with Crippen LogP contribution in [0.2, 0.25) is 0 Å². The zero-order valence-electron chi connectivity index (χ0n) is 8.85. The molecule has 0 aliphatic carbocycles. The molecule has 5 heteroatoms. The van der Waals surface area contributed by atoms with Gasteiger partial charge in [0, 0.05) is 12.2 Å². The van der Waals surface area contributed by atoms with E-state index in [0.29, 0.717) is 12.6 Å². The second-order valence-corrected chi connectivity index (χ2v) is 3.77. The lowest BCUT2D eigenvalue weighted by atomic mass is 10.2. The molecule has 86 valence electrons. The molecule has 2 rings (SSSR count). The third kappa shape index (κ3) is 2.49. The van der Waals surface area contributed by atoms with E-state index < -0.39 is 5.97 Å². The predicted molar refractivity (Wildman–Crippen MR) is 57.7 cm³/mol. The van der Waals surface area contributed by atoms with Gasteiger partial charge in [-0.1, -0.05) is 0 Å². The molecule has 1 aromatic heterocycles. The highest BCUT2D eigenvalue weighted by atomic mass is 16.5. The first kappa shape index (κ1) is 10.9. The van der Waals surface area contributed by atoms with Crippen molar-refractivity contribution in [2.75, 3.05) is 13.2 Å². The van der Waals surface area contributed by atoms with Gasteiger partial charge in [0.25, 0.3) is 0 Å². The van der Waals surface area contributed by atoms with Crippen LogP contribution in [0.3, 0.4) is 0 Å². The number of rotatable bonds is 4. The van der Waals surface area contributed by atoms with E-state index in [4.69, 9.17) is 9.84 Å². The SMILES string of the molecule is O=C(O)c1cccnc1OCC1CCCN1. The lowest BCUT2D eigenvalue weighted by molar-refractivity contribution is 0.0690. The van der Waals surface area contributed by atoms with E-state index in [9.17, 15) is 4.79 Å². The fourth-order valence-corrected chi connectivity index (χ4v) is 1.75. The number of carboxylic acid groups (broad SMARTS) is 1. The highest BCUT2D eigenvalue weighted by molar-refractivity contribution is 5.90. The van der Waals surface area contributed by atoms with Crippen molar-refractivity contribution in [3.63, 3.8) is 0 Å². The molecule has 1 aliphatic rings. The first-order chi connectivity index (χ1) is 7.77. The molecule has 2 heterocycles. The number of hydrogen-bond acceptors (Lipinski definition) is 4. The molecule has 1 fully saturated rings. The maximum absolute atomic E-state index is 10.9. The van der Waals surface area contributed by atoms with Crippen LogP contribution in [0.25, 0.3) is 0 Å². The van der Waals surface area contributed by atoms with Crippen LogP contribution < -0.4 is 10.1 Å². The van der Waals surface area contributed by atoms with Gasteiger partial charge in [-0.2, -0.15) is 0 Å². The lowest BCUT2D eigenvalue weighted by Crippen LogP contribution is -2.28. The minimum Gasteiger partial charge on any atom is -0.477 e. The van der Waals surface area contributed by atoms with Crippen molar-refractivity contribution in [2.24, 2.45) is 0 Å². The third-order valence-electron chi connectivity index (χ3n) is 2.59. The molecule has 5 nitrogen and oxygen atoms in total. The number of nitrogens with one attached hydrogen (secondary N) is 1. The highest BCUT2D eigenvalue weighted by Gasteiger charge is 2.17. The summed E-state index contributed by atoms with van der Waals surface area (Å²) in [6.07, 6.45) is 3.74. The molecule has 0 amide bonds. The van der Waals surface area contributed by atoms with Crippen LogP contribution in [0.4, 0.5) is 0 Å². The Kier molecular flexibility index (Phi) is 3.36. The van der Waals surface area contributed by atoms with Gasteiger partial charge in [-0.05, 0) is 31.5 Å². The molecule has 2 N–H and O–H groups in total. The van der Waals surface area contributed by atoms with Crippen LogP contribution >= 0.6 is 0 Å². The van der Waals surface area contributed by atoms with Gasteiger partial charge in [0.15, 0.2) is 0 Å². The number of carbonyl (C=O) groups is 1. The highest BCUT2D eigenvalue weighted by Crippen LogP contribution is 2.15. The number of hydrogen-bond donors (Lipinski definition) is 2. The monoisotopic (exact) mass is 222 g/mol. The maximum Gasteiger partial charge on any atom is 0.341 e. The summed E-state index contributed by atoms with van der Waals surface area (Å²) >= 11 is 0. The molecule has 1 aliphatic heterocycles. The van der Waals surface area contributed by atoms with E-state index in [-0.39, 0.29) is 11.4 Å². The Morgan fingerprint density at radius 3 is 3.25 bits per heavy atom. The Bertz CT molecular complexity index is 375. The predicted octanol–water partition coefficient (Wildman–Crippen LogP) is 0.911. The molecular formula is C11H14N2O3. The molecule has 1 aromatic rings. The van der Waals surface area contributed by atoms with Crippen molar-refractivity contribution in [1.29, 1.82) is 0 Å². The largest absolute Gasteiger partial charge is 0.477 e. The van der Waals surface area contributed by atoms with Crippen LogP contribution in [-0.2, 0) is 0 Å². The topological polar surface area (TPSA) is 71.5 Å². The fourth-order valence-electron chi connectivity index (χ4n) is 1.75. The summed E-state index contributed by atoms with van der Waals surface area (Å²) in [7, 11) is 0. The van der Waals surface area contributed by atoms with Crippen LogP contribution in [0.1, 0.15) is 23.2 Å². The fraction of sp³-hybridized carbons (Fsp3) is 0.455. The first-order valence-corrected chi connectivity index (χ1v) is 5.32. The standard InChI is InChI=1S/C11H14N2O3/c14-11(15)9-4-2-6-13-10(9)16-7-8-3-1-5-12-8/h2,4,6,8,12H,1,3,5,7H2,(H,14,15). The first-order valence-electron chi connectivity index (χ1n) is 5.32. The maximum atomic E-state index is 10.9. The Hall–Kier alpha value is -1.62. The van der Waals surface area contributed by atoms with Crippen LogP contribution in [0.5, 0.6) is 5.88 Å². The zero-order valence-corrected chi connectivity index (χ0v) is 8.85. The lowest BCUT2D eigenvalue weighted by Gasteiger charge is -2.12. The number of pyridine rings is 1. The number of aromatic nitrogens is 1. The zero-order chi connectivity index (χ0) is 11.4. The van der Waals surface area contributed by atoms with E-state index in [1.165, 1.54) is 12.3 Å². The minimum absolute atomic E-state index is 0.112. The van der Waals surface area contributed by atoms with Crippen molar-refractivity contribution in [3.8, 4) is 5.88 Å². The Balaban J connectivity index is 2.00. The summed E-state index contributed by atoms with van der Waals surface area (Å²) in [5.41, 5.74) is 0.112. The summed E-state index contributed by atoms with van der Waals surface area (Å²) in [4.78, 5) is 14.8. The summed E-state index contributed by atoms with van der Waals surface area (Å²) < 4.78 is 5.43. The quantitative estimate of drug-likeness (QED) is 0.792. The van der Waals surface area contributed by atoms with E-state index in [1.807, 2.05) is 0 Å². The smallest absolute Gasteiger partial charge is 0.341 e. The molecule has 16 heavy (non-hydrogen) atoms. The molecule has 0 saturated carbocycles. The van der Waals surface area contributed by atoms with Crippen LogP contribution in [0.15, 0.2) is 18.3 Å². The average molecular weight is 222 g/mol. The van der Waals surface area contributed by atoms with Gasteiger partial charge in [-0.25, -0.2) is 9.78 Å². The van der Waals surface area contributed by atoms with Gasteiger partial charge in [-0.3, -0.25) is 0 Å². The van der Waals surface area contributed by atoms with E-state index >= 15 is 0 Å². The third-order valence-corrected chi connectivity index (χ3v) is 2.59. The Morgan fingerprint density at radius 1 is 1.69 bits per heavy atom. The molecule has 0 spiro atoms. The van der Waals surface area contributed by atoms with E-state index in [2.05, 4.69) is 10.3 Å². The van der Waals surface area contributed by atoms with Crippen molar-refractivity contribution in [1.82, 2.24) is 10.3 Å². The van der Waals surface area contributed by atoms with Gasteiger partial charge >= 0.3 is 5.97 Å². The summed E-state index contributed by atoms with van der Waals surface area (Å²) in [6, 6.07) is 3.39. The number of ether oxygens (including phenoxy) is 1. The van der Waals surface area contributed by atoms with Crippen molar-refractivity contribution in [2.45, 2.75) is 18.9 Å². The molecule has 0 aromatic carbocycles. The van der Waals surface area contributed by atoms with Crippen LogP contribution in [-0.4, -0.2) is 35.3 Å². The Labute approximate surface area is 93.5 Å². The van der Waals surface area contributed by atoms with Gasteiger partial charge in [0.2, 0.25) is 5.88 Å². The normalized spacial score (nSPS) is 19.6. The summed E-state index contributed by atoms with van der Waals surface area (Å²) in [5, 5.41) is 12.2. The minimum atomic E-state index is -1.01. The van der Waals surface area contributed by atoms with Gasteiger partial charge in [0.1, 0.15) is 12.2 Å². The molecule has 0 radical (unpaired) electrons. The summed E-state index contributed by atoms with van der Waals surface area (Å²) in [6.45, 7) is 1.47. The average Bonchev–Trinajstić information content (AvgIpc) is 2.79. The Morgan fingerprint density at radius 2 is 2.56 bits per heavy atom. The van der Waals surface area contributed by atoms with Crippen molar-refractivity contribution >= 4 is 5.97 Å². The number of nitrogens with zero attached hydrogens (tertiary/aromatic N) is 1. The van der Waals surface area contributed by atoms with Crippen LogP contribution in [0, 0.1) is 0 Å².